The number of halogens is 3. The Morgan fingerprint density at radius 2 is 0.802 bits per heavy atom. The number of aryl methyl sites for hydroxylation is 4. The minimum Gasteiger partial charge on any atom is -0.361 e. The van der Waals surface area contributed by atoms with Gasteiger partial charge in [-0.2, -0.15) is 0 Å². The summed E-state index contributed by atoms with van der Waals surface area (Å²) in [5.74, 6) is -0.214. The smallest absolute Gasteiger partial charge is 0.169 e. The van der Waals surface area contributed by atoms with E-state index < -0.39 is 0 Å². The van der Waals surface area contributed by atoms with Crippen LogP contribution in [0.5, 0.6) is 0 Å². The molecule has 0 unspecified atom stereocenters. The van der Waals surface area contributed by atoms with Gasteiger partial charge in [0.2, 0.25) is 0 Å². The molecule has 0 aliphatic carbocycles. The van der Waals surface area contributed by atoms with Crippen LogP contribution in [0.2, 0.25) is 5.15 Å². The fraction of sp³-hybridized carbons (Fsp3) is 0.0571. The molecule has 4 N–H and O–H groups in total. The molecule has 0 saturated carbocycles. The van der Waals surface area contributed by atoms with Crippen LogP contribution in [-0.4, -0.2) is 19.9 Å². The Labute approximate surface area is 484 Å². The molecule has 81 heavy (non-hydrogen) atoms. The van der Waals surface area contributed by atoms with Gasteiger partial charge in [0.05, 0.1) is 5.69 Å². The molecule has 0 radical (unpaired) electrons. The Morgan fingerprint density at radius 1 is 0.395 bits per heavy atom. The average Bonchev–Trinajstić information content (AvgIpc) is 4.41. The van der Waals surface area contributed by atoms with Crippen molar-refractivity contribution in [2.24, 2.45) is 28.2 Å². The van der Waals surface area contributed by atoms with Crippen LogP contribution in [0.15, 0.2) is 230 Å². The van der Waals surface area contributed by atoms with Gasteiger partial charge in [-0.25, -0.2) is 22.7 Å². The van der Waals surface area contributed by atoms with Crippen molar-refractivity contribution in [2.45, 2.75) is 0 Å². The van der Waals surface area contributed by atoms with Crippen LogP contribution >= 0.6 is 27.5 Å². The Kier molecular flexibility index (Phi) is 17.6. The van der Waals surface area contributed by atoms with Gasteiger partial charge in [-0.1, -0.05) is 143 Å². The quantitative estimate of drug-likeness (QED) is 0.104. The summed E-state index contributed by atoms with van der Waals surface area (Å²) >= 11 is 9.76. The summed E-state index contributed by atoms with van der Waals surface area (Å²) in [7, 11) is 8.03. The summed E-state index contributed by atoms with van der Waals surface area (Å²) in [6, 6.07) is 54.7. The molecule has 5 aromatic carbocycles. The lowest BCUT2D eigenvalue weighted by molar-refractivity contribution is -0.671. The summed E-state index contributed by atoms with van der Waals surface area (Å²) in [5.41, 5.74) is 15.8. The number of hydrogen-bond acceptors (Lipinski definition) is 0. The number of rotatable bonds is 9. The fourth-order valence-electron chi connectivity index (χ4n) is 9.19. The largest absolute Gasteiger partial charge is 0.361 e. The van der Waals surface area contributed by atoms with Gasteiger partial charge in [-0.3, -0.25) is 0 Å². The molecule has 0 bridgehead atoms. The van der Waals surface area contributed by atoms with Crippen molar-refractivity contribution in [3.63, 3.8) is 0 Å². The predicted molar refractivity (Wildman–Crippen MR) is 337 cm³/mol. The summed E-state index contributed by atoms with van der Waals surface area (Å²) < 4.78 is 22.4. The molecule has 0 fully saturated rings. The van der Waals surface area contributed by atoms with Crippen molar-refractivity contribution < 1.29 is 22.7 Å². The zero-order chi connectivity index (χ0) is 56.1. The van der Waals surface area contributed by atoms with Crippen LogP contribution in [-0.2, 0) is 28.2 Å². The van der Waals surface area contributed by atoms with Crippen LogP contribution in [0.3, 0.4) is 0 Å². The van der Waals surface area contributed by atoms with Gasteiger partial charge < -0.3 is 19.9 Å². The second-order valence-corrected chi connectivity index (χ2v) is 20.9. The number of benzene rings is 5. The van der Waals surface area contributed by atoms with Gasteiger partial charge >= 0.3 is 0 Å². The van der Waals surface area contributed by atoms with E-state index in [0.29, 0.717) is 5.15 Å². The molecular weight excluding hydrogens is 1090 g/mol. The predicted octanol–water partition coefficient (Wildman–Crippen LogP) is 15.9. The second-order valence-electron chi connectivity index (χ2n) is 19.6. The number of pyridine rings is 4. The Bertz CT molecular complexity index is 4210. The maximum Gasteiger partial charge on any atom is 0.169 e. The molecule has 8 heterocycles. The van der Waals surface area contributed by atoms with Crippen molar-refractivity contribution in [2.75, 3.05) is 0 Å². The molecule has 13 rings (SSSR count). The van der Waals surface area contributed by atoms with Gasteiger partial charge in [0.25, 0.3) is 0 Å². The average molecular weight is 1150 g/mol. The third-order valence-electron chi connectivity index (χ3n) is 13.7. The molecule has 13 aromatic rings. The molecule has 0 aliphatic heterocycles. The zero-order valence-electron chi connectivity index (χ0n) is 45.4. The normalized spacial score (nSPS) is 11.4. The van der Waals surface area contributed by atoms with Crippen LogP contribution in [0.25, 0.3) is 103 Å². The fourth-order valence-corrected chi connectivity index (χ4v) is 9.82. The maximum atomic E-state index is 13.3. The molecule has 398 valence electrons. The van der Waals surface area contributed by atoms with Crippen LogP contribution < -0.4 is 18.3 Å². The van der Waals surface area contributed by atoms with E-state index in [1.165, 1.54) is 44.7 Å². The number of nitrogens with zero attached hydrogens (tertiary/aromatic N) is 4. The lowest BCUT2D eigenvalue weighted by Gasteiger charge is -2.01. The first-order valence-electron chi connectivity index (χ1n) is 26.5. The van der Waals surface area contributed by atoms with Gasteiger partial charge in [0.1, 0.15) is 39.2 Å². The highest BCUT2D eigenvalue weighted by Crippen LogP contribution is 2.32. The monoisotopic (exact) mass is 1150 g/mol. The molecule has 8 nitrogen and oxygen atoms in total. The Hall–Kier alpha value is -9.48. The summed E-state index contributed by atoms with van der Waals surface area (Å²) in [6.45, 7) is 0. The lowest BCUT2D eigenvalue weighted by Crippen LogP contribution is -2.25. The summed E-state index contributed by atoms with van der Waals surface area (Å²) in [6.07, 6.45) is 37.0. The number of aromatic amines is 4. The number of fused-ring (bicyclic) bond motifs is 4. The number of hydrogen-bond donors (Lipinski definition) is 4. The van der Waals surface area contributed by atoms with Crippen molar-refractivity contribution in [1.82, 2.24) is 19.9 Å². The minimum absolute atomic E-state index is 0.214. The molecular formula is C70H61BrClFN8+4. The van der Waals surface area contributed by atoms with Gasteiger partial charge in [-0.05, 0) is 87.5 Å². The van der Waals surface area contributed by atoms with Gasteiger partial charge in [-0.15, -0.1) is 0 Å². The number of nitrogens with one attached hydrogen (secondary N) is 4. The maximum absolute atomic E-state index is 13.3. The number of H-pyrrole nitrogens is 4. The number of para-hydroxylation sites is 2. The van der Waals surface area contributed by atoms with E-state index in [0.717, 1.165) is 65.3 Å². The third-order valence-corrected chi connectivity index (χ3v) is 14.5. The van der Waals surface area contributed by atoms with E-state index >= 15 is 0 Å². The minimum atomic E-state index is -0.214. The van der Waals surface area contributed by atoms with Crippen molar-refractivity contribution in [3.05, 3.63) is 286 Å². The van der Waals surface area contributed by atoms with E-state index in [4.69, 9.17) is 11.6 Å². The first-order chi connectivity index (χ1) is 39.5. The highest BCUT2D eigenvalue weighted by molar-refractivity contribution is 9.10. The van der Waals surface area contributed by atoms with Gasteiger partial charge in [0.15, 0.2) is 49.6 Å². The summed E-state index contributed by atoms with van der Waals surface area (Å²) in [5, 5.41) is 5.20. The SMILES string of the molecule is C[n+]1ccc(/C=C/c2c(-c3ccccc3)[nH]c3ccccc23)cc1.C[n+]1ccc(/C=C/c2c(Cl)[nH]c3ccccc23)cc1.C[n+]1ccc(/C=C/c2c[nH]c3ccc(Br)cc23)cc1.C[n+]1ccc(/C=C/c2c[nH]c3ccc(F)cc23)cc1. The molecule has 0 atom stereocenters. The van der Waals surface area contributed by atoms with Crippen LogP contribution in [0.4, 0.5) is 4.39 Å². The van der Waals surface area contributed by atoms with Crippen molar-refractivity contribution >= 4 is 120 Å². The summed E-state index contributed by atoms with van der Waals surface area (Å²) in [4.78, 5) is 13.2. The zero-order valence-corrected chi connectivity index (χ0v) is 47.7. The van der Waals surface area contributed by atoms with E-state index in [-0.39, 0.29) is 5.82 Å². The topological polar surface area (TPSA) is 78.7 Å². The highest BCUT2D eigenvalue weighted by Gasteiger charge is 2.11. The standard InChI is InChI=1S/C22H18N2.C16H13BrN2.C16H13ClN2.C16H13FN2/c1-24-15-13-17(14-16-24)11-12-20-19-9-5-6-10-21(19)23-22(20)18-7-3-2-4-8-18;1-19-8-6-12(7-9-19)2-3-13-11-18-16-5-4-14(17)10-15(13)16;1-19-10-8-12(9-11-19)6-7-14-13-4-2-3-5-15(13)18-16(14)17;1-19-8-6-12(7-9-19)2-3-13-11-18-16-5-4-14(17)10-15(13)16/h2-16H,1H3;3*2-11H,1H3/p+4. The molecule has 8 aromatic heterocycles. The Balaban J connectivity index is 0.000000122. The number of aromatic nitrogens is 8. The third kappa shape index (κ3) is 14.2. The Morgan fingerprint density at radius 3 is 1.31 bits per heavy atom. The van der Waals surface area contributed by atoms with E-state index in [1.807, 2.05) is 151 Å². The van der Waals surface area contributed by atoms with E-state index in [9.17, 15) is 4.39 Å². The van der Waals surface area contributed by atoms with Crippen molar-refractivity contribution in [3.8, 4) is 11.3 Å². The molecule has 0 saturated heterocycles. The molecule has 0 amide bonds. The van der Waals surface area contributed by atoms with Crippen molar-refractivity contribution in [1.29, 1.82) is 0 Å². The van der Waals surface area contributed by atoms with E-state index in [2.05, 4.69) is 188 Å². The molecule has 0 aliphatic rings. The first-order valence-corrected chi connectivity index (χ1v) is 27.7. The van der Waals surface area contributed by atoms with Crippen LogP contribution in [0, 0.1) is 5.82 Å². The molecule has 11 heteroatoms. The lowest BCUT2D eigenvalue weighted by atomic mass is 10.0. The highest BCUT2D eigenvalue weighted by atomic mass is 79.9. The van der Waals surface area contributed by atoms with Gasteiger partial charge in [0, 0.05) is 120 Å². The van der Waals surface area contributed by atoms with Crippen LogP contribution in [0.1, 0.15) is 44.5 Å². The first kappa shape index (κ1) is 54.9. The van der Waals surface area contributed by atoms with E-state index in [1.54, 1.807) is 12.1 Å². The molecule has 0 spiro atoms. The second kappa shape index (κ2) is 26.0.